The van der Waals surface area contributed by atoms with E-state index in [1.165, 1.54) is 11.0 Å². The summed E-state index contributed by atoms with van der Waals surface area (Å²) in [5.74, 6) is -1.05. The van der Waals surface area contributed by atoms with Gasteiger partial charge in [-0.25, -0.2) is 0 Å². The quantitative estimate of drug-likeness (QED) is 0.294. The number of Topliss-reactive ketones (excluding diaryl/α,β-unsaturated/α-hetero) is 1. The molecule has 3 rings (SSSR count). The number of carbonyl (C=O) groups is 2. The number of hydrogen-bond donors (Lipinski definition) is 2. The normalized spacial score (nSPS) is 12.8. The SMILES string of the molecule is Br.N=C(N)[Se]Cc1ccc(CN2C(=O)C(=O)c3cc(Cl)ccc32)cc1. The van der Waals surface area contributed by atoms with Gasteiger partial charge in [-0.15, -0.1) is 17.0 Å². The van der Waals surface area contributed by atoms with E-state index in [1.54, 1.807) is 12.1 Å². The zero-order valence-corrected chi connectivity index (χ0v) is 17.2. The van der Waals surface area contributed by atoms with Crippen molar-refractivity contribution in [3.63, 3.8) is 0 Å². The third kappa shape index (κ3) is 4.30. The molecule has 0 aliphatic carbocycles. The topological polar surface area (TPSA) is 87.2 Å². The van der Waals surface area contributed by atoms with Gasteiger partial charge < -0.3 is 0 Å². The van der Waals surface area contributed by atoms with E-state index in [4.69, 9.17) is 22.7 Å². The minimum atomic E-state index is -0.531. The Hall–Kier alpha value is -1.66. The van der Waals surface area contributed by atoms with Crippen LogP contribution >= 0.6 is 28.6 Å². The molecule has 0 unspecified atom stereocenters. The summed E-state index contributed by atoms with van der Waals surface area (Å²) < 4.78 is 0.225. The van der Waals surface area contributed by atoms with Crippen LogP contribution in [0, 0.1) is 5.41 Å². The molecule has 0 fully saturated rings. The number of amidine groups is 1. The first-order valence-electron chi connectivity index (χ1n) is 7.16. The molecule has 8 heteroatoms. The summed E-state index contributed by atoms with van der Waals surface area (Å²) in [6, 6.07) is 12.7. The van der Waals surface area contributed by atoms with Crippen molar-refractivity contribution in [3.8, 4) is 0 Å². The number of nitrogens with zero attached hydrogens (tertiary/aromatic N) is 1. The van der Waals surface area contributed by atoms with Crippen molar-refractivity contribution < 1.29 is 9.59 Å². The Kier molecular flexibility index (Phi) is 6.41. The van der Waals surface area contributed by atoms with Crippen molar-refractivity contribution in [2.24, 2.45) is 5.73 Å². The average Bonchev–Trinajstić information content (AvgIpc) is 2.79. The molecular formula is C17H15BrClN3O2Se. The van der Waals surface area contributed by atoms with Crippen LogP contribution in [-0.4, -0.2) is 31.4 Å². The molecule has 0 bridgehead atoms. The van der Waals surface area contributed by atoms with Gasteiger partial charge in [-0.1, -0.05) is 0 Å². The molecule has 0 saturated carbocycles. The van der Waals surface area contributed by atoms with Crippen molar-refractivity contribution in [1.29, 1.82) is 5.41 Å². The van der Waals surface area contributed by atoms with Crippen LogP contribution in [0.15, 0.2) is 42.5 Å². The van der Waals surface area contributed by atoms with Crippen LogP contribution in [0.3, 0.4) is 0 Å². The summed E-state index contributed by atoms with van der Waals surface area (Å²) in [6.07, 6.45) is 0. The number of rotatable bonds is 5. The summed E-state index contributed by atoms with van der Waals surface area (Å²) in [4.78, 5) is 25.8. The van der Waals surface area contributed by atoms with Crippen molar-refractivity contribution in [2.75, 3.05) is 4.90 Å². The molecule has 0 aromatic heterocycles. The molecular weight excluding hydrogens is 473 g/mol. The fraction of sp³-hybridized carbons (Fsp3) is 0.118. The molecule has 2 aromatic carbocycles. The Balaban J connectivity index is 0.00000225. The second kappa shape index (κ2) is 8.15. The van der Waals surface area contributed by atoms with Gasteiger partial charge in [0.05, 0.1) is 0 Å². The average molecular weight is 488 g/mol. The Bertz CT molecular complexity index is 842. The predicted octanol–water partition coefficient (Wildman–Crippen LogP) is 2.75. The molecule has 0 saturated heterocycles. The maximum atomic E-state index is 12.2. The first kappa shape index (κ1) is 19.7. The Morgan fingerprint density at radius 2 is 1.76 bits per heavy atom. The number of ketones is 1. The predicted molar refractivity (Wildman–Crippen MR) is 105 cm³/mol. The van der Waals surface area contributed by atoms with Gasteiger partial charge in [0, 0.05) is 0 Å². The molecule has 25 heavy (non-hydrogen) atoms. The number of amides is 1. The van der Waals surface area contributed by atoms with Crippen LogP contribution in [0.25, 0.3) is 0 Å². The summed E-state index contributed by atoms with van der Waals surface area (Å²) in [6.45, 7) is 0.331. The molecule has 1 aliphatic heterocycles. The van der Waals surface area contributed by atoms with Gasteiger partial charge in [-0.3, -0.25) is 0 Å². The van der Waals surface area contributed by atoms with Gasteiger partial charge in [0.15, 0.2) is 0 Å². The van der Waals surface area contributed by atoms with E-state index in [9.17, 15) is 9.59 Å². The van der Waals surface area contributed by atoms with Crippen molar-refractivity contribution in [1.82, 2.24) is 0 Å². The maximum absolute atomic E-state index is 12.2. The number of anilines is 1. The number of carbonyl (C=O) groups excluding carboxylic acids is 2. The summed E-state index contributed by atoms with van der Waals surface area (Å²) >= 11 is 5.88. The zero-order chi connectivity index (χ0) is 17.3. The van der Waals surface area contributed by atoms with E-state index in [-0.39, 0.29) is 36.7 Å². The molecule has 1 heterocycles. The van der Waals surface area contributed by atoms with Crippen LogP contribution in [0.5, 0.6) is 0 Å². The van der Waals surface area contributed by atoms with E-state index in [0.29, 0.717) is 22.8 Å². The fourth-order valence-electron chi connectivity index (χ4n) is 2.51. The van der Waals surface area contributed by atoms with Crippen LogP contribution < -0.4 is 10.6 Å². The standard InChI is InChI=1S/C17H14ClN3O2Se.BrH/c18-12-5-6-14-13(7-12)15(22)16(23)21(14)8-10-1-3-11(4-2-10)9-24-17(19)20;/h1-7H,8-9H2,(H3,19,20);1H. The minimum absolute atomic E-state index is 0. The Morgan fingerprint density at radius 1 is 1.12 bits per heavy atom. The molecule has 0 spiro atoms. The first-order chi connectivity index (χ1) is 11.5. The Morgan fingerprint density at radius 3 is 2.40 bits per heavy atom. The number of halogens is 2. The fourth-order valence-corrected chi connectivity index (χ4v) is 3.77. The number of fused-ring (bicyclic) bond motifs is 1. The van der Waals surface area contributed by atoms with E-state index >= 15 is 0 Å². The van der Waals surface area contributed by atoms with Gasteiger partial charge in [0.1, 0.15) is 0 Å². The van der Waals surface area contributed by atoms with E-state index in [2.05, 4.69) is 0 Å². The van der Waals surface area contributed by atoms with Crippen molar-refractivity contribution >= 4 is 65.7 Å². The second-order valence-electron chi connectivity index (χ2n) is 5.35. The molecule has 5 nitrogen and oxygen atoms in total. The van der Waals surface area contributed by atoms with Gasteiger partial charge in [-0.2, -0.15) is 0 Å². The Labute approximate surface area is 167 Å². The molecule has 0 atom stereocenters. The zero-order valence-electron chi connectivity index (χ0n) is 13.0. The summed E-state index contributed by atoms with van der Waals surface area (Å²) in [7, 11) is 0. The number of nitrogens with two attached hydrogens (primary N) is 1. The first-order valence-corrected chi connectivity index (χ1v) is 9.60. The molecule has 1 aliphatic rings. The van der Waals surface area contributed by atoms with Crippen molar-refractivity contribution in [2.45, 2.75) is 11.9 Å². The van der Waals surface area contributed by atoms with E-state index < -0.39 is 11.7 Å². The van der Waals surface area contributed by atoms with E-state index in [1.807, 2.05) is 24.3 Å². The van der Waals surface area contributed by atoms with Gasteiger partial charge >= 0.3 is 150 Å². The van der Waals surface area contributed by atoms with E-state index in [0.717, 1.165) is 16.4 Å². The van der Waals surface area contributed by atoms with Crippen LogP contribution in [-0.2, 0) is 16.7 Å². The van der Waals surface area contributed by atoms with Gasteiger partial charge in [0.25, 0.3) is 0 Å². The molecule has 2 aromatic rings. The second-order valence-corrected chi connectivity index (χ2v) is 7.92. The molecule has 130 valence electrons. The number of benzene rings is 2. The molecule has 0 radical (unpaired) electrons. The van der Waals surface area contributed by atoms with Crippen molar-refractivity contribution in [3.05, 3.63) is 64.2 Å². The summed E-state index contributed by atoms with van der Waals surface area (Å²) in [5, 5.41) is 8.49. The third-order valence-corrected chi connectivity index (χ3v) is 5.58. The van der Waals surface area contributed by atoms with Crippen LogP contribution in [0.4, 0.5) is 5.69 Å². The number of hydrogen-bond acceptors (Lipinski definition) is 3. The number of nitrogens with one attached hydrogen (secondary N) is 1. The monoisotopic (exact) mass is 487 g/mol. The van der Waals surface area contributed by atoms with Crippen LogP contribution in [0.1, 0.15) is 21.5 Å². The van der Waals surface area contributed by atoms with Crippen LogP contribution in [0.2, 0.25) is 5.02 Å². The van der Waals surface area contributed by atoms with Gasteiger partial charge in [0.2, 0.25) is 0 Å². The molecule has 3 N–H and O–H groups in total. The van der Waals surface area contributed by atoms with Gasteiger partial charge in [-0.05, 0) is 0 Å². The molecule has 1 amide bonds. The summed E-state index contributed by atoms with van der Waals surface area (Å²) in [5.41, 5.74) is 8.37. The third-order valence-electron chi connectivity index (χ3n) is 3.69.